The fourth-order valence-electron chi connectivity index (χ4n) is 3.69. The Morgan fingerprint density at radius 3 is 2.94 bits per heavy atom. The normalized spacial score (nSPS) is 16.9. The van der Waals surface area contributed by atoms with E-state index >= 15 is 0 Å². The molecule has 32 heavy (non-hydrogen) atoms. The van der Waals surface area contributed by atoms with Crippen LogP contribution in [-0.2, 0) is 20.9 Å². The Kier molecular flexibility index (Phi) is 6.83. The Labute approximate surface area is 197 Å². The third-order valence-electron chi connectivity index (χ3n) is 5.27. The quantitative estimate of drug-likeness (QED) is 0.506. The molecule has 0 radical (unpaired) electrons. The summed E-state index contributed by atoms with van der Waals surface area (Å²) in [7, 11) is 1.53. The number of fused-ring (bicyclic) bond motifs is 1. The van der Waals surface area contributed by atoms with E-state index in [1.165, 1.54) is 30.8 Å². The van der Waals surface area contributed by atoms with Gasteiger partial charge in [-0.3, -0.25) is 9.59 Å². The van der Waals surface area contributed by atoms with Crippen molar-refractivity contribution in [2.45, 2.75) is 12.6 Å². The number of nitrogens with two attached hydrogens (primary N) is 1. The van der Waals surface area contributed by atoms with Gasteiger partial charge in [0.1, 0.15) is 18.2 Å². The highest BCUT2D eigenvalue weighted by atomic mass is 79.9. The second kappa shape index (κ2) is 9.76. The van der Waals surface area contributed by atoms with E-state index in [0.717, 1.165) is 25.8 Å². The molecule has 3 aromatic rings. The topological polar surface area (TPSA) is 102 Å². The monoisotopic (exact) mass is 515 g/mol. The molecule has 4 rings (SSSR count). The van der Waals surface area contributed by atoms with Crippen LogP contribution in [-0.4, -0.2) is 64.4 Å². The van der Waals surface area contributed by atoms with E-state index < -0.39 is 6.04 Å². The molecular formula is C22H22BrN5O3S. The van der Waals surface area contributed by atoms with Gasteiger partial charge < -0.3 is 20.3 Å². The maximum atomic E-state index is 13.2. The van der Waals surface area contributed by atoms with E-state index in [-0.39, 0.29) is 18.4 Å². The molecule has 0 unspecified atom stereocenters. The highest BCUT2D eigenvalue weighted by Gasteiger charge is 2.36. The van der Waals surface area contributed by atoms with E-state index in [0.29, 0.717) is 25.5 Å². The van der Waals surface area contributed by atoms with E-state index in [9.17, 15) is 9.59 Å². The number of piperazine rings is 1. The minimum absolute atomic E-state index is 0.138. The average molecular weight is 516 g/mol. The van der Waals surface area contributed by atoms with Gasteiger partial charge in [0, 0.05) is 52.9 Å². The number of carbonyl (C=O) groups is 2. The lowest BCUT2D eigenvalue weighted by molar-refractivity contribution is -0.152. The second-order valence-corrected chi connectivity index (χ2v) is 9.23. The number of hydrogen-bond donors (Lipinski definition) is 1. The molecule has 10 heteroatoms. The van der Waals surface area contributed by atoms with Gasteiger partial charge in [-0.15, -0.1) is 11.3 Å². The molecule has 3 heterocycles. The summed E-state index contributed by atoms with van der Waals surface area (Å²) in [5.41, 5.74) is 7.56. The van der Waals surface area contributed by atoms with Crippen LogP contribution in [0.1, 0.15) is 10.4 Å². The minimum Gasteiger partial charge on any atom is -0.383 e. The number of thiophene rings is 1. The standard InChI is InChI=1S/C22H22BrN5O3S/c1-31-11-19-22(30)27(10-14-2-4-17-18(8-14)25-13-26-21(17)24)6-7-28(19)20(29)5-3-16-9-15(23)12-32-16/h2-5,8-9,12-13,19H,6-7,10-11H2,1H3,(H2,24,25,26)/t19-/m0/s1. The zero-order valence-corrected chi connectivity index (χ0v) is 19.8. The van der Waals surface area contributed by atoms with Crippen molar-refractivity contribution < 1.29 is 14.3 Å². The van der Waals surface area contributed by atoms with E-state index in [1.807, 2.05) is 29.6 Å². The van der Waals surface area contributed by atoms with Gasteiger partial charge >= 0.3 is 0 Å². The Morgan fingerprint density at radius 1 is 1.34 bits per heavy atom. The first-order valence-corrected chi connectivity index (χ1v) is 11.6. The van der Waals surface area contributed by atoms with Crippen molar-refractivity contribution in [3.63, 3.8) is 0 Å². The van der Waals surface area contributed by atoms with Crippen LogP contribution >= 0.6 is 27.3 Å². The molecule has 166 valence electrons. The van der Waals surface area contributed by atoms with Gasteiger partial charge in [-0.2, -0.15) is 0 Å². The number of nitrogen functional groups attached to an aromatic ring is 1. The molecule has 1 aromatic carbocycles. The number of ether oxygens (including phenoxy) is 1. The van der Waals surface area contributed by atoms with E-state index in [4.69, 9.17) is 10.5 Å². The maximum absolute atomic E-state index is 13.2. The largest absolute Gasteiger partial charge is 0.383 e. The molecular weight excluding hydrogens is 494 g/mol. The van der Waals surface area contributed by atoms with Crippen molar-refractivity contribution in [1.82, 2.24) is 19.8 Å². The van der Waals surface area contributed by atoms with Gasteiger partial charge in [-0.25, -0.2) is 9.97 Å². The van der Waals surface area contributed by atoms with Crippen LogP contribution in [0, 0.1) is 0 Å². The van der Waals surface area contributed by atoms with Crippen molar-refractivity contribution in [3.8, 4) is 0 Å². The molecule has 1 aliphatic heterocycles. The highest BCUT2D eigenvalue weighted by Crippen LogP contribution is 2.23. The highest BCUT2D eigenvalue weighted by molar-refractivity contribution is 9.10. The van der Waals surface area contributed by atoms with E-state index in [1.54, 1.807) is 15.9 Å². The van der Waals surface area contributed by atoms with Crippen LogP contribution in [0.2, 0.25) is 0 Å². The lowest BCUT2D eigenvalue weighted by atomic mass is 10.1. The van der Waals surface area contributed by atoms with Crippen LogP contribution < -0.4 is 5.73 Å². The number of amides is 2. The van der Waals surface area contributed by atoms with Gasteiger partial charge in [-0.05, 0) is 45.8 Å². The van der Waals surface area contributed by atoms with Crippen molar-refractivity contribution in [1.29, 1.82) is 0 Å². The fourth-order valence-corrected chi connectivity index (χ4v) is 5.02. The van der Waals surface area contributed by atoms with Gasteiger partial charge in [0.05, 0.1) is 12.1 Å². The summed E-state index contributed by atoms with van der Waals surface area (Å²) in [6.45, 7) is 1.42. The number of methoxy groups -OCH3 is 1. The van der Waals surface area contributed by atoms with Gasteiger partial charge in [0.15, 0.2) is 0 Å². The van der Waals surface area contributed by atoms with Gasteiger partial charge in [0.2, 0.25) is 11.8 Å². The summed E-state index contributed by atoms with van der Waals surface area (Å²) in [6, 6.07) is 6.96. The molecule has 0 saturated carbocycles. The number of benzene rings is 1. The zero-order chi connectivity index (χ0) is 22.7. The predicted molar refractivity (Wildman–Crippen MR) is 128 cm³/mol. The zero-order valence-electron chi connectivity index (χ0n) is 17.4. The third kappa shape index (κ3) is 4.82. The van der Waals surface area contributed by atoms with Crippen LogP contribution in [0.15, 0.2) is 46.5 Å². The van der Waals surface area contributed by atoms with Crippen LogP contribution in [0.3, 0.4) is 0 Å². The number of nitrogens with zero attached hydrogens (tertiary/aromatic N) is 4. The Bertz CT molecular complexity index is 1180. The molecule has 8 nitrogen and oxygen atoms in total. The Morgan fingerprint density at radius 2 is 2.19 bits per heavy atom. The lowest BCUT2D eigenvalue weighted by Crippen LogP contribution is -2.59. The third-order valence-corrected chi connectivity index (χ3v) is 6.93. The first kappa shape index (κ1) is 22.4. The number of anilines is 1. The summed E-state index contributed by atoms with van der Waals surface area (Å²) < 4.78 is 6.24. The molecule has 1 fully saturated rings. The van der Waals surface area contributed by atoms with Crippen LogP contribution in [0.4, 0.5) is 5.82 Å². The van der Waals surface area contributed by atoms with Crippen molar-refractivity contribution in [2.24, 2.45) is 0 Å². The number of aromatic nitrogens is 2. The van der Waals surface area contributed by atoms with E-state index in [2.05, 4.69) is 25.9 Å². The Hall–Kier alpha value is -2.82. The predicted octanol–water partition coefficient (Wildman–Crippen LogP) is 2.94. The number of halogens is 1. The molecule has 0 spiro atoms. The van der Waals surface area contributed by atoms with Crippen molar-refractivity contribution in [2.75, 3.05) is 32.5 Å². The molecule has 2 amide bonds. The van der Waals surface area contributed by atoms with Crippen molar-refractivity contribution >= 4 is 61.9 Å². The summed E-state index contributed by atoms with van der Waals surface area (Å²) in [5.74, 6) is 0.0799. The van der Waals surface area contributed by atoms with Gasteiger partial charge in [0.25, 0.3) is 0 Å². The first-order chi connectivity index (χ1) is 15.5. The molecule has 1 aliphatic rings. The molecule has 0 bridgehead atoms. The Balaban J connectivity index is 1.48. The van der Waals surface area contributed by atoms with Gasteiger partial charge in [-0.1, -0.05) is 6.07 Å². The number of carbonyl (C=O) groups excluding carboxylic acids is 2. The molecule has 1 saturated heterocycles. The molecule has 1 atom stereocenters. The summed E-state index contributed by atoms with van der Waals surface area (Å²) in [4.78, 5) is 38.6. The lowest BCUT2D eigenvalue weighted by Gasteiger charge is -2.40. The number of hydrogen-bond acceptors (Lipinski definition) is 7. The first-order valence-electron chi connectivity index (χ1n) is 9.96. The molecule has 0 aliphatic carbocycles. The fraction of sp³-hybridized carbons (Fsp3) is 0.273. The molecule has 2 N–H and O–H groups in total. The maximum Gasteiger partial charge on any atom is 0.248 e. The summed E-state index contributed by atoms with van der Waals surface area (Å²) in [5, 5.41) is 2.73. The SMILES string of the molecule is COC[C@H]1C(=O)N(Cc2ccc3c(N)ncnc3c2)CCN1C(=O)C=Cc1cc(Br)cs1. The summed E-state index contributed by atoms with van der Waals surface area (Å²) in [6.07, 6.45) is 4.70. The smallest absolute Gasteiger partial charge is 0.248 e. The number of rotatable bonds is 6. The molecule has 2 aromatic heterocycles. The van der Waals surface area contributed by atoms with Crippen LogP contribution in [0.5, 0.6) is 0 Å². The second-order valence-electron chi connectivity index (χ2n) is 7.37. The average Bonchev–Trinajstić information content (AvgIpc) is 3.20. The van der Waals surface area contributed by atoms with Crippen LogP contribution in [0.25, 0.3) is 17.0 Å². The van der Waals surface area contributed by atoms with Crippen molar-refractivity contribution in [3.05, 3.63) is 57.0 Å². The minimum atomic E-state index is -0.667. The summed E-state index contributed by atoms with van der Waals surface area (Å²) >= 11 is 4.94.